The highest BCUT2D eigenvalue weighted by atomic mass is 32.1. The molecular formula is C14H25NO2S. The van der Waals surface area contributed by atoms with Crippen molar-refractivity contribution in [2.75, 3.05) is 12.3 Å². The maximum Gasteiger partial charge on any atom is 0.229 e. The van der Waals surface area contributed by atoms with E-state index in [1.54, 1.807) is 0 Å². The molecule has 2 amide bonds. The minimum absolute atomic E-state index is 0.00427. The third-order valence-electron chi connectivity index (χ3n) is 3.77. The molecule has 0 bridgehead atoms. The molecule has 0 aromatic carbocycles. The van der Waals surface area contributed by atoms with Gasteiger partial charge in [0.2, 0.25) is 11.8 Å². The van der Waals surface area contributed by atoms with E-state index in [1.165, 1.54) is 4.90 Å². The van der Waals surface area contributed by atoms with Crippen LogP contribution in [0.5, 0.6) is 0 Å². The van der Waals surface area contributed by atoms with Crippen LogP contribution < -0.4 is 0 Å². The van der Waals surface area contributed by atoms with Crippen molar-refractivity contribution in [3.05, 3.63) is 0 Å². The zero-order chi connectivity index (χ0) is 13.6. The third kappa shape index (κ3) is 3.74. The number of amides is 2. The largest absolute Gasteiger partial charge is 0.282 e. The molecule has 1 aliphatic rings. The Labute approximate surface area is 116 Å². The number of imide groups is 1. The van der Waals surface area contributed by atoms with Crippen molar-refractivity contribution in [2.24, 2.45) is 5.41 Å². The van der Waals surface area contributed by atoms with Crippen LogP contribution >= 0.6 is 12.6 Å². The molecule has 0 spiro atoms. The van der Waals surface area contributed by atoms with Crippen LogP contribution in [0.1, 0.15) is 58.8 Å². The SMILES string of the molecule is CCCC(CS)(CCC)CN1C(=O)CCCC1=O. The second-order valence-corrected chi connectivity index (χ2v) is 5.70. The Balaban J connectivity index is 2.80. The highest BCUT2D eigenvalue weighted by molar-refractivity contribution is 7.80. The number of piperidine rings is 1. The summed E-state index contributed by atoms with van der Waals surface area (Å²) in [6.45, 7) is 4.86. The van der Waals surface area contributed by atoms with Crippen molar-refractivity contribution in [1.82, 2.24) is 4.90 Å². The van der Waals surface area contributed by atoms with Gasteiger partial charge in [-0.3, -0.25) is 14.5 Å². The summed E-state index contributed by atoms with van der Waals surface area (Å²) in [5.74, 6) is 0.750. The molecule has 0 aromatic heterocycles. The molecule has 1 heterocycles. The van der Waals surface area contributed by atoms with Gasteiger partial charge in [-0.1, -0.05) is 26.7 Å². The molecule has 0 radical (unpaired) electrons. The lowest BCUT2D eigenvalue weighted by Gasteiger charge is -2.38. The lowest BCUT2D eigenvalue weighted by molar-refractivity contribution is -0.150. The lowest BCUT2D eigenvalue weighted by atomic mass is 9.80. The Morgan fingerprint density at radius 2 is 1.61 bits per heavy atom. The summed E-state index contributed by atoms with van der Waals surface area (Å²) in [5, 5.41) is 0. The molecule has 1 fully saturated rings. The second kappa shape index (κ2) is 7.17. The zero-order valence-corrected chi connectivity index (χ0v) is 12.5. The van der Waals surface area contributed by atoms with Crippen molar-refractivity contribution in [2.45, 2.75) is 58.8 Å². The van der Waals surface area contributed by atoms with Gasteiger partial charge in [-0.05, 0) is 30.4 Å². The molecular weight excluding hydrogens is 246 g/mol. The molecule has 3 nitrogen and oxygen atoms in total. The first-order valence-electron chi connectivity index (χ1n) is 7.02. The summed E-state index contributed by atoms with van der Waals surface area (Å²) in [7, 11) is 0. The smallest absolute Gasteiger partial charge is 0.229 e. The number of carbonyl (C=O) groups is 2. The van der Waals surface area contributed by atoms with Crippen molar-refractivity contribution < 1.29 is 9.59 Å². The number of carbonyl (C=O) groups excluding carboxylic acids is 2. The molecule has 1 rings (SSSR count). The summed E-state index contributed by atoms with van der Waals surface area (Å²) in [4.78, 5) is 25.3. The second-order valence-electron chi connectivity index (χ2n) is 5.39. The highest BCUT2D eigenvalue weighted by Gasteiger charge is 2.35. The average molecular weight is 271 g/mol. The lowest BCUT2D eigenvalue weighted by Crippen LogP contribution is -2.47. The van der Waals surface area contributed by atoms with E-state index in [0.29, 0.717) is 25.8 Å². The van der Waals surface area contributed by atoms with Gasteiger partial charge in [0, 0.05) is 19.4 Å². The molecule has 1 aliphatic heterocycles. The van der Waals surface area contributed by atoms with E-state index >= 15 is 0 Å². The summed E-state index contributed by atoms with van der Waals surface area (Å²) >= 11 is 4.48. The third-order valence-corrected chi connectivity index (χ3v) is 4.44. The molecule has 4 heteroatoms. The van der Waals surface area contributed by atoms with Crippen LogP contribution in [0.25, 0.3) is 0 Å². The first kappa shape index (κ1) is 15.5. The number of rotatable bonds is 7. The average Bonchev–Trinajstić information content (AvgIpc) is 2.34. The van der Waals surface area contributed by atoms with E-state index in [-0.39, 0.29) is 17.2 Å². The first-order chi connectivity index (χ1) is 8.58. The van der Waals surface area contributed by atoms with E-state index in [2.05, 4.69) is 26.5 Å². The zero-order valence-electron chi connectivity index (χ0n) is 11.6. The topological polar surface area (TPSA) is 37.4 Å². The van der Waals surface area contributed by atoms with Crippen molar-refractivity contribution in [3.63, 3.8) is 0 Å². The van der Waals surface area contributed by atoms with Gasteiger partial charge >= 0.3 is 0 Å². The molecule has 0 saturated carbocycles. The monoisotopic (exact) mass is 271 g/mol. The van der Waals surface area contributed by atoms with Gasteiger partial charge in [0.15, 0.2) is 0 Å². The van der Waals surface area contributed by atoms with E-state index in [4.69, 9.17) is 0 Å². The van der Waals surface area contributed by atoms with Crippen LogP contribution in [-0.2, 0) is 9.59 Å². The Morgan fingerprint density at radius 1 is 1.11 bits per heavy atom. The standard InChI is InChI=1S/C14H25NO2S/c1-3-8-14(11-18,9-4-2)10-15-12(16)6-5-7-13(15)17/h18H,3-11H2,1-2H3. The van der Waals surface area contributed by atoms with Gasteiger partial charge in [-0.15, -0.1) is 0 Å². The van der Waals surface area contributed by atoms with Crippen LogP contribution in [0, 0.1) is 5.41 Å². The number of hydrogen-bond acceptors (Lipinski definition) is 3. The summed E-state index contributed by atoms with van der Waals surface area (Å²) < 4.78 is 0. The van der Waals surface area contributed by atoms with Crippen LogP contribution in [0.4, 0.5) is 0 Å². The van der Waals surface area contributed by atoms with Crippen LogP contribution in [-0.4, -0.2) is 29.0 Å². The quantitative estimate of drug-likeness (QED) is 0.571. The number of likely N-dealkylation sites (tertiary alicyclic amines) is 1. The van der Waals surface area contributed by atoms with Gasteiger partial charge < -0.3 is 0 Å². The predicted molar refractivity (Wildman–Crippen MR) is 76.7 cm³/mol. The van der Waals surface area contributed by atoms with E-state index in [0.717, 1.165) is 31.4 Å². The van der Waals surface area contributed by atoms with Crippen LogP contribution in [0.2, 0.25) is 0 Å². The highest BCUT2D eigenvalue weighted by Crippen LogP contribution is 2.33. The molecule has 18 heavy (non-hydrogen) atoms. The van der Waals surface area contributed by atoms with Gasteiger partial charge in [0.05, 0.1) is 0 Å². The normalized spacial score (nSPS) is 17.4. The summed E-state index contributed by atoms with van der Waals surface area (Å²) in [6.07, 6.45) is 5.94. The predicted octanol–water partition coefficient (Wildman–Crippen LogP) is 3.04. The van der Waals surface area contributed by atoms with Crippen LogP contribution in [0.3, 0.4) is 0 Å². The van der Waals surface area contributed by atoms with Crippen molar-refractivity contribution in [1.29, 1.82) is 0 Å². The number of thiol groups is 1. The number of nitrogens with zero attached hydrogens (tertiary/aromatic N) is 1. The Morgan fingerprint density at radius 3 is 2.00 bits per heavy atom. The van der Waals surface area contributed by atoms with Gasteiger partial charge in [-0.25, -0.2) is 0 Å². The summed E-state index contributed by atoms with van der Waals surface area (Å²) in [5.41, 5.74) is 0.00920. The Hall–Kier alpha value is -0.510. The maximum atomic E-state index is 11.9. The molecule has 1 saturated heterocycles. The minimum Gasteiger partial charge on any atom is -0.282 e. The van der Waals surface area contributed by atoms with E-state index in [1.807, 2.05) is 0 Å². The number of hydrogen-bond donors (Lipinski definition) is 1. The Kier molecular flexibility index (Phi) is 6.19. The molecule has 0 atom stereocenters. The fourth-order valence-electron chi connectivity index (χ4n) is 2.86. The van der Waals surface area contributed by atoms with Crippen LogP contribution in [0.15, 0.2) is 0 Å². The first-order valence-corrected chi connectivity index (χ1v) is 7.66. The molecule has 104 valence electrons. The van der Waals surface area contributed by atoms with E-state index < -0.39 is 0 Å². The fourth-order valence-corrected chi connectivity index (χ4v) is 3.28. The minimum atomic E-state index is 0.00427. The molecule has 0 N–H and O–H groups in total. The molecule has 0 aromatic rings. The maximum absolute atomic E-state index is 11.9. The van der Waals surface area contributed by atoms with Crippen molar-refractivity contribution >= 4 is 24.4 Å². The van der Waals surface area contributed by atoms with Gasteiger partial charge in [0.25, 0.3) is 0 Å². The van der Waals surface area contributed by atoms with Gasteiger partial charge in [0.1, 0.15) is 0 Å². The van der Waals surface area contributed by atoms with Gasteiger partial charge in [-0.2, -0.15) is 12.6 Å². The van der Waals surface area contributed by atoms with E-state index in [9.17, 15) is 9.59 Å². The Bertz CT molecular complexity index is 282. The summed E-state index contributed by atoms with van der Waals surface area (Å²) in [6, 6.07) is 0. The fraction of sp³-hybridized carbons (Fsp3) is 0.857. The van der Waals surface area contributed by atoms with Crippen molar-refractivity contribution in [3.8, 4) is 0 Å². The molecule has 0 unspecified atom stereocenters. The molecule has 0 aliphatic carbocycles.